The van der Waals surface area contributed by atoms with Gasteiger partial charge in [0.25, 0.3) is 5.91 Å². The van der Waals surface area contributed by atoms with Crippen LogP contribution in [0.4, 0.5) is 13.2 Å². The van der Waals surface area contributed by atoms with Crippen LogP contribution in [0.5, 0.6) is 0 Å². The van der Waals surface area contributed by atoms with Gasteiger partial charge in [-0.25, -0.2) is 0 Å². The van der Waals surface area contributed by atoms with Gasteiger partial charge in [0.2, 0.25) is 0 Å². The van der Waals surface area contributed by atoms with E-state index in [1.165, 1.54) is 18.2 Å². The first-order valence-corrected chi connectivity index (χ1v) is 12.0. The zero-order chi connectivity index (χ0) is 23.1. The van der Waals surface area contributed by atoms with Crippen LogP contribution >= 0.6 is 35.0 Å². The second-order valence-electron chi connectivity index (χ2n) is 8.32. The maximum absolute atomic E-state index is 14.3. The largest absolute Gasteiger partial charge is 0.400 e. The highest BCUT2D eigenvalue weighted by Gasteiger charge is 2.58. The molecule has 0 saturated carbocycles. The molecule has 2 aliphatic heterocycles. The first kappa shape index (κ1) is 23.5. The number of hydrogen-bond acceptors (Lipinski definition) is 3. The number of carbonyl (C=O) groups excluding carboxylic acids is 1. The summed E-state index contributed by atoms with van der Waals surface area (Å²) in [5, 5.41) is 3.24. The Morgan fingerprint density at radius 2 is 1.88 bits per heavy atom. The first-order valence-electron chi connectivity index (χ1n) is 10.1. The lowest BCUT2D eigenvalue weighted by Gasteiger charge is -2.31. The monoisotopic (exact) mass is 500 g/mol. The van der Waals surface area contributed by atoms with Gasteiger partial charge in [0, 0.05) is 34.3 Å². The standard InChI is InChI=1S/C23H21Cl2F3N2OS/c1-13-4-15(2-3-19(13)21(31)29-9-14-10-32-11-14)20-8-22(12-30-20,23(26,27)28)16-5-17(24)7-18(25)6-16/h2-7,14H,8-12H2,1H3,(H,29,31)/t22-/m0/s1. The minimum absolute atomic E-state index is 0.00290. The molecule has 4 rings (SSSR count). The highest BCUT2D eigenvalue weighted by Crippen LogP contribution is 2.48. The van der Waals surface area contributed by atoms with E-state index in [1.54, 1.807) is 25.1 Å². The predicted octanol–water partition coefficient (Wildman–Crippen LogP) is 6.09. The van der Waals surface area contributed by atoms with Crippen LogP contribution in [-0.4, -0.2) is 42.4 Å². The number of rotatable bonds is 5. The smallest absolute Gasteiger partial charge is 0.352 e. The summed E-state index contributed by atoms with van der Waals surface area (Å²) < 4.78 is 42.8. The van der Waals surface area contributed by atoms with Crippen molar-refractivity contribution in [1.29, 1.82) is 0 Å². The maximum atomic E-state index is 14.3. The van der Waals surface area contributed by atoms with Crippen LogP contribution < -0.4 is 5.32 Å². The van der Waals surface area contributed by atoms with Crippen molar-refractivity contribution in [2.75, 3.05) is 24.6 Å². The molecule has 1 atom stereocenters. The first-order chi connectivity index (χ1) is 15.1. The summed E-state index contributed by atoms with van der Waals surface area (Å²) in [6.45, 7) is 1.97. The zero-order valence-electron chi connectivity index (χ0n) is 17.2. The molecule has 0 bridgehead atoms. The molecule has 0 spiro atoms. The topological polar surface area (TPSA) is 41.5 Å². The molecule has 2 aromatic rings. The lowest BCUT2D eigenvalue weighted by molar-refractivity contribution is -0.183. The summed E-state index contributed by atoms with van der Waals surface area (Å²) in [4.78, 5) is 16.8. The quantitative estimate of drug-likeness (QED) is 0.539. The second-order valence-corrected chi connectivity index (χ2v) is 10.3. The van der Waals surface area contributed by atoms with Gasteiger partial charge in [-0.1, -0.05) is 29.3 Å². The van der Waals surface area contributed by atoms with Gasteiger partial charge in [-0.05, 0) is 71.4 Å². The SMILES string of the molecule is Cc1cc(C2=NC[C@@](c3cc(Cl)cc(Cl)c3)(C(F)(F)F)C2)ccc1C(=O)NCC1CSC1. The van der Waals surface area contributed by atoms with Crippen LogP contribution in [0, 0.1) is 12.8 Å². The molecule has 0 unspecified atom stereocenters. The number of thioether (sulfide) groups is 1. The third-order valence-electron chi connectivity index (χ3n) is 6.03. The number of halogens is 5. The number of hydrogen-bond donors (Lipinski definition) is 1. The third kappa shape index (κ3) is 4.52. The molecule has 2 aromatic carbocycles. The molecule has 0 radical (unpaired) electrons. The summed E-state index contributed by atoms with van der Waals surface area (Å²) in [6, 6.07) is 9.06. The molecule has 1 amide bonds. The lowest BCUT2D eigenvalue weighted by Crippen LogP contribution is -2.43. The van der Waals surface area contributed by atoms with Crippen LogP contribution in [0.25, 0.3) is 0 Å². The van der Waals surface area contributed by atoms with Gasteiger partial charge in [-0.15, -0.1) is 0 Å². The van der Waals surface area contributed by atoms with Gasteiger partial charge in [0.1, 0.15) is 5.41 Å². The summed E-state index contributed by atoms with van der Waals surface area (Å²) in [7, 11) is 0. The Bertz CT molecular complexity index is 1070. The van der Waals surface area contributed by atoms with Crippen molar-refractivity contribution in [1.82, 2.24) is 5.32 Å². The van der Waals surface area contributed by atoms with Crippen LogP contribution in [0.1, 0.15) is 33.5 Å². The van der Waals surface area contributed by atoms with Crippen molar-refractivity contribution in [3.8, 4) is 0 Å². The molecule has 9 heteroatoms. The van der Waals surface area contributed by atoms with E-state index in [0.717, 1.165) is 11.5 Å². The van der Waals surface area contributed by atoms with E-state index in [1.807, 2.05) is 11.8 Å². The average Bonchev–Trinajstić information content (AvgIpc) is 3.12. The fourth-order valence-electron chi connectivity index (χ4n) is 4.03. The number of benzene rings is 2. The Balaban J connectivity index is 1.57. The fraction of sp³-hybridized carbons (Fsp3) is 0.391. The molecule has 170 valence electrons. The Hall–Kier alpha value is -1.70. The summed E-state index contributed by atoms with van der Waals surface area (Å²) in [6.07, 6.45) is -4.86. The van der Waals surface area contributed by atoms with Gasteiger partial charge in [0.05, 0.1) is 6.54 Å². The number of alkyl halides is 3. The molecule has 2 heterocycles. The minimum atomic E-state index is -4.54. The molecule has 3 nitrogen and oxygen atoms in total. The van der Waals surface area contributed by atoms with E-state index in [4.69, 9.17) is 23.2 Å². The fourth-order valence-corrected chi connectivity index (χ4v) is 5.36. The number of nitrogens with one attached hydrogen (secondary N) is 1. The van der Waals surface area contributed by atoms with Gasteiger partial charge in [0.15, 0.2) is 0 Å². The van der Waals surface area contributed by atoms with Gasteiger partial charge >= 0.3 is 6.18 Å². The number of aliphatic imine (C=N–C) groups is 1. The highest BCUT2D eigenvalue weighted by molar-refractivity contribution is 8.00. The van der Waals surface area contributed by atoms with Crippen LogP contribution in [0.15, 0.2) is 41.4 Å². The summed E-state index contributed by atoms with van der Waals surface area (Å²) in [5.41, 5.74) is -0.0532. The Morgan fingerprint density at radius 1 is 1.19 bits per heavy atom. The van der Waals surface area contributed by atoms with Crippen LogP contribution in [-0.2, 0) is 5.41 Å². The average molecular weight is 501 g/mol. The molecule has 0 aromatic heterocycles. The van der Waals surface area contributed by atoms with Crippen molar-refractivity contribution in [3.63, 3.8) is 0 Å². The normalized spacial score (nSPS) is 21.2. The number of amides is 1. The van der Waals surface area contributed by atoms with E-state index in [-0.39, 0.29) is 27.9 Å². The van der Waals surface area contributed by atoms with E-state index in [2.05, 4.69) is 10.3 Å². The van der Waals surface area contributed by atoms with Gasteiger partial charge < -0.3 is 5.32 Å². The van der Waals surface area contributed by atoms with Crippen molar-refractivity contribution < 1.29 is 18.0 Å². The van der Waals surface area contributed by atoms with Crippen LogP contribution in [0.3, 0.4) is 0 Å². The zero-order valence-corrected chi connectivity index (χ0v) is 19.6. The Morgan fingerprint density at radius 3 is 2.44 bits per heavy atom. The van der Waals surface area contributed by atoms with Gasteiger partial charge in [-0.3, -0.25) is 9.79 Å². The predicted molar refractivity (Wildman–Crippen MR) is 125 cm³/mol. The molecule has 1 fully saturated rings. The Labute approximate surface area is 198 Å². The van der Waals surface area contributed by atoms with Crippen molar-refractivity contribution >= 4 is 46.6 Å². The summed E-state index contributed by atoms with van der Waals surface area (Å²) in [5.74, 6) is 2.44. The number of aryl methyl sites for hydroxylation is 1. The molecule has 0 aliphatic carbocycles. The van der Waals surface area contributed by atoms with Gasteiger partial charge in [-0.2, -0.15) is 24.9 Å². The second kappa shape index (κ2) is 8.92. The Kier molecular flexibility index (Phi) is 6.54. The number of carbonyl (C=O) groups is 1. The van der Waals surface area contributed by atoms with E-state index in [9.17, 15) is 18.0 Å². The molecule has 1 saturated heterocycles. The van der Waals surface area contributed by atoms with E-state index >= 15 is 0 Å². The van der Waals surface area contributed by atoms with E-state index in [0.29, 0.717) is 34.9 Å². The van der Waals surface area contributed by atoms with Crippen LogP contribution in [0.2, 0.25) is 10.0 Å². The maximum Gasteiger partial charge on any atom is 0.400 e. The van der Waals surface area contributed by atoms with E-state index < -0.39 is 18.1 Å². The molecule has 32 heavy (non-hydrogen) atoms. The molecule has 2 aliphatic rings. The lowest BCUT2D eigenvalue weighted by atomic mass is 9.76. The third-order valence-corrected chi connectivity index (χ3v) is 7.88. The molecule has 1 N–H and O–H groups in total. The van der Waals surface area contributed by atoms with Crippen molar-refractivity contribution in [2.45, 2.75) is 24.9 Å². The van der Waals surface area contributed by atoms with Crippen molar-refractivity contribution in [2.24, 2.45) is 10.9 Å². The molecular weight excluding hydrogens is 480 g/mol. The number of nitrogens with zero attached hydrogens (tertiary/aromatic N) is 1. The van der Waals surface area contributed by atoms with Crippen molar-refractivity contribution in [3.05, 3.63) is 68.7 Å². The minimum Gasteiger partial charge on any atom is -0.352 e. The molecular formula is C23H21Cl2F3N2OS. The summed E-state index contributed by atoms with van der Waals surface area (Å²) >= 11 is 13.8. The highest BCUT2D eigenvalue weighted by atomic mass is 35.5.